The minimum absolute atomic E-state index is 0.135. The van der Waals surface area contributed by atoms with E-state index in [0.29, 0.717) is 13.0 Å². The van der Waals surface area contributed by atoms with Crippen molar-refractivity contribution in [3.63, 3.8) is 0 Å². The molecule has 0 radical (unpaired) electrons. The standard InChI is InChI=1S/C14H16N2O5/c1-9-10(5-4-7-11(9)16(20)21)13(17)15-8-3-2-6-12(15)14(18)19/h4-5,7,12H,2-3,6,8H2,1H3,(H,18,19)/t12-/m1/s1. The molecule has 112 valence electrons. The van der Waals surface area contributed by atoms with Crippen LogP contribution in [0, 0.1) is 17.0 Å². The zero-order valence-electron chi connectivity index (χ0n) is 11.6. The molecule has 0 aliphatic carbocycles. The average molecular weight is 292 g/mol. The predicted molar refractivity (Wildman–Crippen MR) is 74.1 cm³/mol. The van der Waals surface area contributed by atoms with Gasteiger partial charge in [0, 0.05) is 23.7 Å². The fraction of sp³-hybridized carbons (Fsp3) is 0.429. The summed E-state index contributed by atoms with van der Waals surface area (Å²) >= 11 is 0. The van der Waals surface area contributed by atoms with Gasteiger partial charge in [0.1, 0.15) is 6.04 Å². The smallest absolute Gasteiger partial charge is 0.326 e. The number of benzene rings is 1. The summed E-state index contributed by atoms with van der Waals surface area (Å²) in [5.74, 6) is -1.49. The van der Waals surface area contributed by atoms with Crippen molar-refractivity contribution < 1.29 is 19.6 Å². The molecule has 0 unspecified atom stereocenters. The van der Waals surface area contributed by atoms with Gasteiger partial charge in [-0.2, -0.15) is 0 Å². The van der Waals surface area contributed by atoms with Gasteiger partial charge in [0.15, 0.2) is 0 Å². The van der Waals surface area contributed by atoms with Crippen molar-refractivity contribution in [2.45, 2.75) is 32.2 Å². The molecule has 0 aromatic heterocycles. The van der Waals surface area contributed by atoms with Crippen LogP contribution in [0.5, 0.6) is 0 Å². The lowest BCUT2D eigenvalue weighted by Crippen LogP contribution is -2.48. The first-order valence-electron chi connectivity index (χ1n) is 6.71. The van der Waals surface area contributed by atoms with Gasteiger partial charge in [0.05, 0.1) is 4.92 Å². The maximum absolute atomic E-state index is 12.6. The lowest BCUT2D eigenvalue weighted by Gasteiger charge is -2.33. The van der Waals surface area contributed by atoms with Crippen LogP contribution in [0.2, 0.25) is 0 Å². The molecule has 1 aromatic carbocycles. The molecule has 7 heteroatoms. The fourth-order valence-electron chi connectivity index (χ4n) is 2.64. The molecular formula is C14H16N2O5. The van der Waals surface area contributed by atoms with E-state index in [2.05, 4.69) is 0 Å². The highest BCUT2D eigenvalue weighted by molar-refractivity contribution is 5.98. The summed E-state index contributed by atoms with van der Waals surface area (Å²) in [5, 5.41) is 20.1. The van der Waals surface area contributed by atoms with Crippen LogP contribution in [0.15, 0.2) is 18.2 Å². The van der Waals surface area contributed by atoms with E-state index in [-0.39, 0.29) is 16.8 Å². The maximum atomic E-state index is 12.6. The monoisotopic (exact) mass is 292 g/mol. The molecule has 21 heavy (non-hydrogen) atoms. The van der Waals surface area contributed by atoms with Crippen molar-refractivity contribution in [1.29, 1.82) is 0 Å². The predicted octanol–water partition coefficient (Wildman–Crippen LogP) is 1.98. The number of piperidine rings is 1. The molecule has 1 aliphatic rings. The van der Waals surface area contributed by atoms with E-state index in [1.165, 1.54) is 30.0 Å². The lowest BCUT2D eigenvalue weighted by atomic mass is 9.99. The van der Waals surface area contributed by atoms with Crippen LogP contribution in [0.1, 0.15) is 35.2 Å². The highest BCUT2D eigenvalue weighted by Crippen LogP contribution is 2.25. The number of carbonyl (C=O) groups excluding carboxylic acids is 1. The van der Waals surface area contributed by atoms with Crippen LogP contribution in [0.3, 0.4) is 0 Å². The Bertz CT molecular complexity index is 599. The lowest BCUT2D eigenvalue weighted by molar-refractivity contribution is -0.385. The van der Waals surface area contributed by atoms with E-state index in [4.69, 9.17) is 0 Å². The SMILES string of the molecule is Cc1c(C(=O)N2CCCC[C@@H]2C(=O)O)cccc1[N+](=O)[O-]. The number of hydrogen-bond acceptors (Lipinski definition) is 4. The Kier molecular flexibility index (Phi) is 4.21. The molecule has 1 aromatic rings. The molecule has 1 heterocycles. The summed E-state index contributed by atoms with van der Waals surface area (Å²) < 4.78 is 0. The number of carboxylic acids is 1. The van der Waals surface area contributed by atoms with Crippen LogP contribution in [0.4, 0.5) is 5.69 Å². The number of rotatable bonds is 3. The third-order valence-corrected chi connectivity index (χ3v) is 3.78. The summed E-state index contributed by atoms with van der Waals surface area (Å²) in [4.78, 5) is 35.5. The highest BCUT2D eigenvalue weighted by atomic mass is 16.6. The van der Waals surface area contributed by atoms with Crippen molar-refractivity contribution in [2.75, 3.05) is 6.54 Å². The average Bonchev–Trinajstić information content (AvgIpc) is 2.46. The number of nitro groups is 1. The van der Waals surface area contributed by atoms with Gasteiger partial charge in [-0.25, -0.2) is 4.79 Å². The third kappa shape index (κ3) is 2.86. The van der Waals surface area contributed by atoms with Crippen LogP contribution in [0.25, 0.3) is 0 Å². The minimum atomic E-state index is -1.04. The van der Waals surface area contributed by atoms with Gasteiger partial charge in [-0.05, 0) is 32.3 Å². The van der Waals surface area contributed by atoms with Crippen molar-refractivity contribution >= 4 is 17.6 Å². The number of carbonyl (C=O) groups is 2. The molecule has 1 saturated heterocycles. The van der Waals surface area contributed by atoms with Gasteiger partial charge < -0.3 is 10.0 Å². The van der Waals surface area contributed by atoms with Gasteiger partial charge in [0.25, 0.3) is 11.6 Å². The maximum Gasteiger partial charge on any atom is 0.326 e. The second-order valence-electron chi connectivity index (χ2n) is 5.06. The van der Waals surface area contributed by atoms with E-state index in [0.717, 1.165) is 12.8 Å². The van der Waals surface area contributed by atoms with Gasteiger partial charge in [-0.15, -0.1) is 0 Å². The summed E-state index contributed by atoms with van der Waals surface area (Å²) in [6.45, 7) is 1.86. The van der Waals surface area contributed by atoms with Gasteiger partial charge >= 0.3 is 5.97 Å². The van der Waals surface area contributed by atoms with Crippen LogP contribution in [-0.4, -0.2) is 39.4 Å². The molecule has 1 aliphatic heterocycles. The Morgan fingerprint density at radius 1 is 1.38 bits per heavy atom. The Balaban J connectivity index is 2.37. The van der Waals surface area contributed by atoms with Crippen molar-refractivity contribution in [3.8, 4) is 0 Å². The first-order chi connectivity index (χ1) is 9.93. The Morgan fingerprint density at radius 2 is 2.10 bits per heavy atom. The number of hydrogen-bond donors (Lipinski definition) is 1. The van der Waals surface area contributed by atoms with E-state index >= 15 is 0 Å². The molecule has 0 saturated carbocycles. The number of amides is 1. The van der Waals surface area contributed by atoms with Crippen LogP contribution >= 0.6 is 0 Å². The van der Waals surface area contributed by atoms with Crippen LogP contribution in [-0.2, 0) is 4.79 Å². The third-order valence-electron chi connectivity index (χ3n) is 3.78. The van der Waals surface area contributed by atoms with E-state index in [1.807, 2.05) is 0 Å². The van der Waals surface area contributed by atoms with Gasteiger partial charge in [0.2, 0.25) is 0 Å². The fourth-order valence-corrected chi connectivity index (χ4v) is 2.64. The normalized spacial score (nSPS) is 18.3. The van der Waals surface area contributed by atoms with Crippen molar-refractivity contribution in [1.82, 2.24) is 4.90 Å². The molecule has 7 nitrogen and oxygen atoms in total. The van der Waals surface area contributed by atoms with Crippen molar-refractivity contribution in [2.24, 2.45) is 0 Å². The van der Waals surface area contributed by atoms with Crippen LogP contribution < -0.4 is 0 Å². The topological polar surface area (TPSA) is 101 Å². The zero-order chi connectivity index (χ0) is 15.6. The van der Waals surface area contributed by atoms with Crippen molar-refractivity contribution in [3.05, 3.63) is 39.4 Å². The number of aliphatic carboxylic acids is 1. The molecule has 0 spiro atoms. The van der Waals surface area contributed by atoms with E-state index in [1.54, 1.807) is 0 Å². The van der Waals surface area contributed by atoms with E-state index in [9.17, 15) is 24.8 Å². The van der Waals surface area contributed by atoms with Gasteiger partial charge in [-0.3, -0.25) is 14.9 Å². The van der Waals surface area contributed by atoms with Gasteiger partial charge in [-0.1, -0.05) is 6.07 Å². The number of likely N-dealkylation sites (tertiary alicyclic amines) is 1. The Hall–Kier alpha value is -2.44. The minimum Gasteiger partial charge on any atom is -0.480 e. The van der Waals surface area contributed by atoms with E-state index < -0.39 is 22.8 Å². The quantitative estimate of drug-likeness (QED) is 0.678. The Labute approximate surface area is 121 Å². The molecule has 1 N–H and O–H groups in total. The number of carboxylic acid groups (broad SMARTS) is 1. The molecular weight excluding hydrogens is 276 g/mol. The first kappa shape index (κ1) is 15.0. The summed E-state index contributed by atoms with van der Waals surface area (Å²) in [7, 11) is 0. The second kappa shape index (κ2) is 5.90. The zero-order valence-corrected chi connectivity index (χ0v) is 11.6. The Morgan fingerprint density at radius 3 is 2.71 bits per heavy atom. The molecule has 1 amide bonds. The molecule has 2 rings (SSSR count). The summed E-state index contributed by atoms with van der Waals surface area (Å²) in [6.07, 6.45) is 1.91. The molecule has 1 atom stereocenters. The summed E-state index contributed by atoms with van der Waals surface area (Å²) in [6, 6.07) is 3.41. The number of nitro benzene ring substituents is 1. The molecule has 0 bridgehead atoms. The highest BCUT2D eigenvalue weighted by Gasteiger charge is 2.33. The second-order valence-corrected chi connectivity index (χ2v) is 5.06. The first-order valence-corrected chi connectivity index (χ1v) is 6.71. The summed E-state index contributed by atoms with van der Waals surface area (Å²) in [5.41, 5.74) is 0.323. The largest absolute Gasteiger partial charge is 0.480 e. The molecule has 1 fully saturated rings. The number of nitrogens with zero attached hydrogens (tertiary/aromatic N) is 2.